The lowest BCUT2D eigenvalue weighted by atomic mass is 9.94. The fourth-order valence-electron chi connectivity index (χ4n) is 1.80. The second-order valence-electron chi connectivity index (χ2n) is 4.35. The topological polar surface area (TPSA) is 58.2 Å². The number of carbonyl (C=O) groups is 1. The number of alkyl halides is 3. The molecule has 0 aromatic rings. The summed E-state index contributed by atoms with van der Waals surface area (Å²) in [5.41, 5.74) is 0. The van der Waals surface area contributed by atoms with Gasteiger partial charge in [0.2, 0.25) is 5.91 Å². The Hall–Kier alpha value is -0.630. The molecule has 3 unspecified atom stereocenters. The molecule has 2 N–H and O–H groups in total. The number of hydrogen-bond acceptors (Lipinski definition) is 3. The van der Waals surface area contributed by atoms with Gasteiger partial charge in [0.1, 0.15) is 0 Å². The van der Waals surface area contributed by atoms with Crippen LogP contribution in [0.4, 0.5) is 13.2 Å². The number of carbonyl (C=O) groups excluding carboxylic acids is 1. The highest BCUT2D eigenvalue weighted by atomic mass is 32.2. The van der Waals surface area contributed by atoms with E-state index in [4.69, 9.17) is 0 Å². The molecular formula is C10H17F3N2O2S. The lowest BCUT2D eigenvalue weighted by molar-refractivity contribution is -0.180. The molecule has 0 saturated carbocycles. The van der Waals surface area contributed by atoms with Gasteiger partial charge in [-0.2, -0.15) is 13.2 Å². The monoisotopic (exact) mass is 286 g/mol. The van der Waals surface area contributed by atoms with E-state index in [9.17, 15) is 22.2 Å². The Labute approximate surface area is 106 Å². The van der Waals surface area contributed by atoms with Crippen LogP contribution in [0.2, 0.25) is 0 Å². The maximum Gasteiger partial charge on any atom is 0.393 e. The van der Waals surface area contributed by atoms with Crippen molar-refractivity contribution in [1.82, 2.24) is 10.6 Å². The largest absolute Gasteiger partial charge is 0.393 e. The van der Waals surface area contributed by atoms with Gasteiger partial charge in [0.15, 0.2) is 0 Å². The molecule has 3 atom stereocenters. The Kier molecular flexibility index (Phi) is 5.58. The highest BCUT2D eigenvalue weighted by Crippen LogP contribution is 2.31. The Morgan fingerprint density at radius 1 is 1.44 bits per heavy atom. The van der Waals surface area contributed by atoms with Gasteiger partial charge in [0.25, 0.3) is 0 Å². The van der Waals surface area contributed by atoms with Gasteiger partial charge in [-0.05, 0) is 12.8 Å². The van der Waals surface area contributed by atoms with Crippen LogP contribution in [0.3, 0.4) is 0 Å². The number of halogens is 3. The van der Waals surface area contributed by atoms with Crippen molar-refractivity contribution >= 4 is 16.7 Å². The zero-order chi connectivity index (χ0) is 13.8. The average Bonchev–Trinajstić information content (AvgIpc) is 2.27. The first-order valence-electron chi connectivity index (χ1n) is 5.68. The van der Waals surface area contributed by atoms with Crippen molar-refractivity contribution in [3.8, 4) is 0 Å². The molecular weight excluding hydrogens is 269 g/mol. The predicted octanol–water partition coefficient (Wildman–Crippen LogP) is 0.412. The molecule has 0 spiro atoms. The fourth-order valence-corrected chi connectivity index (χ4v) is 2.19. The van der Waals surface area contributed by atoms with E-state index in [0.29, 0.717) is 5.75 Å². The summed E-state index contributed by atoms with van der Waals surface area (Å²) in [5, 5.41) is 5.17. The van der Waals surface area contributed by atoms with E-state index >= 15 is 0 Å². The molecule has 18 heavy (non-hydrogen) atoms. The van der Waals surface area contributed by atoms with Gasteiger partial charge >= 0.3 is 6.18 Å². The second-order valence-corrected chi connectivity index (χ2v) is 5.90. The molecule has 4 nitrogen and oxygen atoms in total. The molecule has 8 heteroatoms. The van der Waals surface area contributed by atoms with E-state index in [1.54, 1.807) is 0 Å². The number of amides is 1. The molecule has 0 aliphatic carbocycles. The second kappa shape index (κ2) is 6.51. The zero-order valence-electron chi connectivity index (χ0n) is 10.0. The van der Waals surface area contributed by atoms with Crippen LogP contribution in [0.25, 0.3) is 0 Å². The van der Waals surface area contributed by atoms with Crippen LogP contribution in [0.1, 0.15) is 12.8 Å². The molecule has 0 aromatic carbocycles. The highest BCUT2D eigenvalue weighted by molar-refractivity contribution is 7.84. The minimum absolute atomic E-state index is 0.0334. The highest BCUT2D eigenvalue weighted by Gasteiger charge is 2.42. The number of rotatable bonds is 4. The van der Waals surface area contributed by atoms with Crippen molar-refractivity contribution in [2.45, 2.75) is 25.1 Å². The van der Waals surface area contributed by atoms with Crippen molar-refractivity contribution < 1.29 is 22.2 Å². The van der Waals surface area contributed by atoms with Gasteiger partial charge in [-0.15, -0.1) is 0 Å². The standard InChI is InChI=1S/C10H17F3N2O2S/c1-18(17)5-4-14-9(16)8-3-2-7(6-15-8)10(11,12)13/h7-8,15H,2-6H2,1H3,(H,14,16). The molecule has 0 aromatic heterocycles. The quantitative estimate of drug-likeness (QED) is 0.787. The Morgan fingerprint density at radius 2 is 2.11 bits per heavy atom. The summed E-state index contributed by atoms with van der Waals surface area (Å²) >= 11 is 0. The van der Waals surface area contributed by atoms with Crippen LogP contribution in [-0.2, 0) is 15.6 Å². The fraction of sp³-hybridized carbons (Fsp3) is 0.900. The number of nitrogens with one attached hydrogen (secondary N) is 2. The van der Waals surface area contributed by atoms with Gasteiger partial charge in [-0.25, -0.2) is 0 Å². The van der Waals surface area contributed by atoms with Crippen molar-refractivity contribution in [3.63, 3.8) is 0 Å². The van der Waals surface area contributed by atoms with Gasteiger partial charge in [-0.1, -0.05) is 0 Å². The molecule has 0 bridgehead atoms. The van der Waals surface area contributed by atoms with E-state index in [2.05, 4.69) is 10.6 Å². The minimum atomic E-state index is -4.20. The van der Waals surface area contributed by atoms with E-state index < -0.39 is 28.9 Å². The van der Waals surface area contributed by atoms with Gasteiger partial charge in [0.05, 0.1) is 12.0 Å². The summed E-state index contributed by atoms with van der Waals surface area (Å²) in [4.78, 5) is 11.6. The Bertz CT molecular complexity index is 315. The van der Waals surface area contributed by atoms with Crippen LogP contribution in [0.15, 0.2) is 0 Å². The average molecular weight is 286 g/mol. The molecule has 1 heterocycles. The first kappa shape index (κ1) is 15.4. The molecule has 1 fully saturated rings. The van der Waals surface area contributed by atoms with Crippen LogP contribution in [0, 0.1) is 5.92 Å². The van der Waals surface area contributed by atoms with Crippen LogP contribution in [-0.4, -0.2) is 47.4 Å². The summed E-state index contributed by atoms with van der Waals surface area (Å²) in [5.74, 6) is -1.34. The molecule has 106 valence electrons. The van der Waals surface area contributed by atoms with E-state index in [-0.39, 0.29) is 31.8 Å². The minimum Gasteiger partial charge on any atom is -0.354 e. The third kappa shape index (κ3) is 4.93. The van der Waals surface area contributed by atoms with Crippen molar-refractivity contribution in [2.75, 3.05) is 25.1 Å². The lowest BCUT2D eigenvalue weighted by Crippen LogP contribution is -2.51. The molecule has 1 amide bonds. The Balaban J connectivity index is 2.30. The van der Waals surface area contributed by atoms with Crippen LogP contribution in [0.5, 0.6) is 0 Å². The van der Waals surface area contributed by atoms with Crippen LogP contribution >= 0.6 is 0 Å². The first-order chi connectivity index (χ1) is 8.30. The molecule has 1 rings (SSSR count). The van der Waals surface area contributed by atoms with E-state index in [0.717, 1.165) is 0 Å². The van der Waals surface area contributed by atoms with E-state index in [1.165, 1.54) is 6.26 Å². The number of hydrogen-bond donors (Lipinski definition) is 2. The molecule has 0 radical (unpaired) electrons. The number of piperidine rings is 1. The summed E-state index contributed by atoms with van der Waals surface area (Å²) in [7, 11) is -0.988. The summed E-state index contributed by atoms with van der Waals surface area (Å²) < 4.78 is 47.9. The first-order valence-corrected chi connectivity index (χ1v) is 7.41. The maximum absolute atomic E-state index is 12.4. The Morgan fingerprint density at radius 3 is 2.56 bits per heavy atom. The van der Waals surface area contributed by atoms with Crippen LogP contribution < -0.4 is 10.6 Å². The van der Waals surface area contributed by atoms with E-state index in [1.807, 2.05) is 0 Å². The lowest BCUT2D eigenvalue weighted by Gasteiger charge is -2.30. The third-order valence-corrected chi connectivity index (χ3v) is 3.66. The molecule has 1 saturated heterocycles. The van der Waals surface area contributed by atoms with Crippen molar-refractivity contribution in [1.29, 1.82) is 0 Å². The normalized spacial score (nSPS) is 26.7. The van der Waals surface area contributed by atoms with Gasteiger partial charge < -0.3 is 10.6 Å². The van der Waals surface area contributed by atoms with Gasteiger partial charge in [0, 0.05) is 35.9 Å². The third-order valence-electron chi connectivity index (χ3n) is 2.88. The summed E-state index contributed by atoms with van der Waals surface area (Å²) in [6.07, 6.45) is -2.54. The molecule has 1 aliphatic rings. The zero-order valence-corrected chi connectivity index (χ0v) is 10.9. The maximum atomic E-state index is 12.4. The SMILES string of the molecule is CS(=O)CCNC(=O)C1CCC(C(F)(F)F)CN1. The predicted molar refractivity (Wildman–Crippen MR) is 62.5 cm³/mol. The van der Waals surface area contributed by atoms with Crippen molar-refractivity contribution in [3.05, 3.63) is 0 Å². The van der Waals surface area contributed by atoms with Crippen molar-refractivity contribution in [2.24, 2.45) is 5.92 Å². The molecule has 1 aliphatic heterocycles. The van der Waals surface area contributed by atoms with Gasteiger partial charge in [-0.3, -0.25) is 9.00 Å². The summed E-state index contributed by atoms with van der Waals surface area (Å²) in [6.45, 7) is 0.0596. The smallest absolute Gasteiger partial charge is 0.354 e. The summed E-state index contributed by atoms with van der Waals surface area (Å²) in [6, 6.07) is -0.575.